The Morgan fingerprint density at radius 1 is 1.17 bits per heavy atom. The van der Waals surface area contributed by atoms with Gasteiger partial charge in [-0.3, -0.25) is 4.79 Å². The van der Waals surface area contributed by atoms with Crippen LogP contribution in [-0.2, 0) is 0 Å². The van der Waals surface area contributed by atoms with Gasteiger partial charge >= 0.3 is 0 Å². The minimum Gasteiger partial charge on any atom is -0.298 e. The fourth-order valence-electron chi connectivity index (χ4n) is 2.06. The molecule has 3 heteroatoms. The monoisotopic (exact) mass is 262 g/mol. The summed E-state index contributed by atoms with van der Waals surface area (Å²) in [6, 6.07) is 8.33. The Morgan fingerprint density at radius 2 is 1.89 bits per heavy atom. The van der Waals surface area contributed by atoms with E-state index >= 15 is 0 Å². The van der Waals surface area contributed by atoms with Gasteiger partial charge in [-0.1, -0.05) is 23.7 Å². The summed E-state index contributed by atoms with van der Waals surface area (Å²) in [6.45, 7) is 3.70. The van der Waals surface area contributed by atoms with Gasteiger partial charge in [0.15, 0.2) is 6.29 Å². The first-order valence-corrected chi connectivity index (χ1v) is 5.92. The molecule has 1 nitrogen and oxygen atoms in total. The van der Waals surface area contributed by atoms with Crippen molar-refractivity contribution in [1.29, 1.82) is 0 Å². The van der Waals surface area contributed by atoms with Crippen LogP contribution in [0.1, 0.15) is 21.5 Å². The van der Waals surface area contributed by atoms with Crippen LogP contribution >= 0.6 is 11.6 Å². The maximum Gasteiger partial charge on any atom is 0.151 e. The highest BCUT2D eigenvalue weighted by Crippen LogP contribution is 2.30. The summed E-state index contributed by atoms with van der Waals surface area (Å²) in [4.78, 5) is 10.7. The molecule has 0 N–H and O–H groups in total. The third kappa shape index (κ3) is 2.29. The van der Waals surface area contributed by atoms with Crippen molar-refractivity contribution in [3.63, 3.8) is 0 Å². The molecule has 0 heterocycles. The molecule has 18 heavy (non-hydrogen) atoms. The predicted molar refractivity (Wildman–Crippen MR) is 71.7 cm³/mol. The van der Waals surface area contributed by atoms with Crippen molar-refractivity contribution in [3.8, 4) is 11.1 Å². The lowest BCUT2D eigenvalue weighted by Crippen LogP contribution is -1.92. The first-order valence-electron chi connectivity index (χ1n) is 5.55. The largest absolute Gasteiger partial charge is 0.298 e. The first kappa shape index (κ1) is 12.8. The summed E-state index contributed by atoms with van der Waals surface area (Å²) >= 11 is 5.96. The number of halogens is 2. The molecule has 0 spiro atoms. The van der Waals surface area contributed by atoms with Crippen molar-refractivity contribution in [2.75, 3.05) is 0 Å². The topological polar surface area (TPSA) is 17.1 Å². The van der Waals surface area contributed by atoms with E-state index in [0.29, 0.717) is 28.0 Å². The van der Waals surface area contributed by atoms with Gasteiger partial charge in [0.2, 0.25) is 0 Å². The number of carbonyl (C=O) groups excluding carboxylic acids is 1. The molecule has 0 aliphatic rings. The Labute approximate surface area is 110 Å². The quantitative estimate of drug-likeness (QED) is 0.724. The number of aldehydes is 1. The van der Waals surface area contributed by atoms with E-state index in [0.717, 1.165) is 11.1 Å². The number of hydrogen-bond acceptors (Lipinski definition) is 1. The molecular weight excluding hydrogens is 251 g/mol. The van der Waals surface area contributed by atoms with Crippen LogP contribution in [0.25, 0.3) is 11.1 Å². The van der Waals surface area contributed by atoms with Gasteiger partial charge in [-0.05, 0) is 48.7 Å². The molecule has 0 aliphatic carbocycles. The lowest BCUT2D eigenvalue weighted by molar-refractivity contribution is 0.112. The van der Waals surface area contributed by atoms with Gasteiger partial charge in [0.25, 0.3) is 0 Å². The molecule has 2 aromatic rings. The summed E-state index contributed by atoms with van der Waals surface area (Å²) in [5.41, 5.74) is 3.35. The van der Waals surface area contributed by atoms with Crippen LogP contribution in [0.15, 0.2) is 30.3 Å². The van der Waals surface area contributed by atoms with E-state index in [1.807, 2.05) is 19.9 Å². The van der Waals surface area contributed by atoms with Gasteiger partial charge in [-0.2, -0.15) is 0 Å². The van der Waals surface area contributed by atoms with Crippen molar-refractivity contribution in [1.82, 2.24) is 0 Å². The maximum absolute atomic E-state index is 14.0. The second kappa shape index (κ2) is 4.91. The van der Waals surface area contributed by atoms with E-state index in [9.17, 15) is 9.18 Å². The first-order chi connectivity index (χ1) is 8.52. The van der Waals surface area contributed by atoms with E-state index in [2.05, 4.69) is 0 Å². The highest BCUT2D eigenvalue weighted by molar-refractivity contribution is 6.33. The van der Waals surface area contributed by atoms with Crippen LogP contribution in [0.3, 0.4) is 0 Å². The lowest BCUT2D eigenvalue weighted by Gasteiger charge is -2.10. The molecule has 0 saturated heterocycles. The van der Waals surface area contributed by atoms with Crippen LogP contribution in [0.4, 0.5) is 4.39 Å². The Bertz CT molecular complexity index is 597. The van der Waals surface area contributed by atoms with Crippen LogP contribution < -0.4 is 0 Å². The molecule has 2 aromatic carbocycles. The fourth-order valence-corrected chi connectivity index (χ4v) is 2.28. The van der Waals surface area contributed by atoms with Gasteiger partial charge in [0.1, 0.15) is 5.82 Å². The smallest absolute Gasteiger partial charge is 0.151 e. The molecule has 0 aliphatic heterocycles. The number of rotatable bonds is 2. The summed E-state index contributed by atoms with van der Waals surface area (Å²) < 4.78 is 14.0. The minimum atomic E-state index is -0.276. The number of carbonyl (C=O) groups is 1. The standard InChI is InChI=1S/C15H12ClFO/c1-9-5-10(2)15(14(17)6-9)11-3-4-12(8-18)13(16)7-11/h3-8H,1-2H3. The van der Waals surface area contributed by atoms with Gasteiger partial charge in [0, 0.05) is 11.1 Å². The summed E-state index contributed by atoms with van der Waals surface area (Å²) in [6.07, 6.45) is 0.685. The molecule has 0 unspecified atom stereocenters. The minimum absolute atomic E-state index is 0.276. The van der Waals surface area contributed by atoms with Gasteiger partial charge < -0.3 is 0 Å². The molecule has 0 bridgehead atoms. The SMILES string of the molecule is Cc1cc(C)c(-c2ccc(C=O)c(Cl)c2)c(F)c1. The van der Waals surface area contributed by atoms with Crippen LogP contribution in [0.5, 0.6) is 0 Å². The Balaban J connectivity index is 2.62. The number of hydrogen-bond donors (Lipinski definition) is 0. The molecule has 2 rings (SSSR count). The van der Waals surface area contributed by atoms with E-state index in [4.69, 9.17) is 11.6 Å². The fraction of sp³-hybridized carbons (Fsp3) is 0.133. The maximum atomic E-state index is 14.0. The molecule has 0 saturated carbocycles. The number of benzene rings is 2. The highest BCUT2D eigenvalue weighted by Gasteiger charge is 2.11. The molecule has 0 fully saturated rings. The third-order valence-electron chi connectivity index (χ3n) is 2.85. The third-order valence-corrected chi connectivity index (χ3v) is 3.18. The zero-order valence-corrected chi connectivity index (χ0v) is 10.9. The lowest BCUT2D eigenvalue weighted by atomic mass is 9.97. The van der Waals surface area contributed by atoms with Crippen molar-refractivity contribution >= 4 is 17.9 Å². The van der Waals surface area contributed by atoms with Crippen molar-refractivity contribution in [2.24, 2.45) is 0 Å². The van der Waals surface area contributed by atoms with Crippen LogP contribution in [0, 0.1) is 19.7 Å². The van der Waals surface area contributed by atoms with Gasteiger partial charge in [0.05, 0.1) is 5.02 Å². The molecule has 0 amide bonds. The second-order valence-electron chi connectivity index (χ2n) is 4.29. The van der Waals surface area contributed by atoms with Crippen molar-refractivity contribution < 1.29 is 9.18 Å². The van der Waals surface area contributed by atoms with E-state index in [1.165, 1.54) is 6.07 Å². The molecule has 0 aromatic heterocycles. The zero-order valence-electron chi connectivity index (χ0n) is 10.1. The van der Waals surface area contributed by atoms with Gasteiger partial charge in [-0.15, -0.1) is 0 Å². The van der Waals surface area contributed by atoms with Crippen molar-refractivity contribution in [2.45, 2.75) is 13.8 Å². The molecule has 0 atom stereocenters. The highest BCUT2D eigenvalue weighted by atomic mass is 35.5. The summed E-state index contributed by atoms with van der Waals surface area (Å²) in [7, 11) is 0. The molecule has 92 valence electrons. The van der Waals surface area contributed by atoms with E-state index < -0.39 is 0 Å². The molecular formula is C15H12ClFO. The normalized spacial score (nSPS) is 10.4. The Kier molecular flexibility index (Phi) is 3.48. The number of aryl methyl sites for hydroxylation is 2. The predicted octanol–water partition coefficient (Wildman–Crippen LogP) is 4.58. The van der Waals surface area contributed by atoms with Crippen LogP contribution in [-0.4, -0.2) is 6.29 Å². The summed E-state index contributed by atoms with van der Waals surface area (Å²) in [5.74, 6) is -0.276. The van der Waals surface area contributed by atoms with Crippen LogP contribution in [0.2, 0.25) is 5.02 Å². The van der Waals surface area contributed by atoms with E-state index in [1.54, 1.807) is 18.2 Å². The second-order valence-corrected chi connectivity index (χ2v) is 4.70. The van der Waals surface area contributed by atoms with Gasteiger partial charge in [-0.25, -0.2) is 4.39 Å². The Hall–Kier alpha value is -1.67. The van der Waals surface area contributed by atoms with E-state index in [-0.39, 0.29) is 5.82 Å². The average molecular weight is 263 g/mol. The molecule has 0 radical (unpaired) electrons. The average Bonchev–Trinajstić information content (AvgIpc) is 2.27. The summed E-state index contributed by atoms with van der Waals surface area (Å²) in [5, 5.41) is 0.335. The Morgan fingerprint density at radius 3 is 2.44 bits per heavy atom. The zero-order chi connectivity index (χ0) is 13.3. The van der Waals surface area contributed by atoms with Crippen molar-refractivity contribution in [3.05, 3.63) is 57.9 Å².